The van der Waals surface area contributed by atoms with Gasteiger partial charge in [-0.05, 0) is 74.0 Å². The van der Waals surface area contributed by atoms with Crippen LogP contribution in [0.4, 0.5) is 0 Å². The minimum Gasteiger partial charge on any atom is -0.508 e. The number of hydrogen-bond donors (Lipinski definition) is 10. The van der Waals surface area contributed by atoms with Gasteiger partial charge in [0.2, 0.25) is 17.7 Å². The summed E-state index contributed by atoms with van der Waals surface area (Å²) in [6.45, 7) is 0.651. The van der Waals surface area contributed by atoms with E-state index in [1.165, 1.54) is 36.4 Å². The number of guanidine groups is 1. The first kappa shape index (κ1) is 36.3. The van der Waals surface area contributed by atoms with Crippen LogP contribution >= 0.6 is 0 Å². The number of nitrogens with two attached hydrogens (primary N) is 4. The van der Waals surface area contributed by atoms with Crippen molar-refractivity contribution in [1.29, 1.82) is 0 Å². The summed E-state index contributed by atoms with van der Waals surface area (Å²) in [6, 6.07) is 7.24. The zero-order chi connectivity index (χ0) is 33.4. The van der Waals surface area contributed by atoms with Gasteiger partial charge in [0.05, 0.1) is 6.04 Å². The molecule has 4 atom stereocenters. The first-order valence-corrected chi connectivity index (χ1v) is 14.6. The third kappa shape index (κ3) is 13.5. The van der Waals surface area contributed by atoms with E-state index in [1.807, 2.05) is 0 Å². The number of carbonyl (C=O) groups is 4. The van der Waals surface area contributed by atoms with Crippen LogP contribution in [0.1, 0.15) is 43.2 Å². The fourth-order valence-electron chi connectivity index (χ4n) is 4.38. The molecule has 0 heterocycles. The number of phenols is 2. The quantitative estimate of drug-likeness (QED) is 0.0508. The minimum atomic E-state index is -1.35. The van der Waals surface area contributed by atoms with Gasteiger partial charge in [0.15, 0.2) is 5.96 Å². The number of rotatable bonds is 19. The number of carbonyl (C=O) groups excluding carboxylic acids is 3. The Morgan fingerprint density at radius 3 is 1.69 bits per heavy atom. The van der Waals surface area contributed by atoms with Crippen LogP contribution in [0.15, 0.2) is 53.5 Å². The minimum absolute atomic E-state index is 0.000874. The third-order valence-corrected chi connectivity index (χ3v) is 6.88. The zero-order valence-corrected chi connectivity index (χ0v) is 25.0. The number of aliphatic imine (C=N–C) groups is 1. The van der Waals surface area contributed by atoms with Crippen molar-refractivity contribution >= 4 is 29.7 Å². The number of carboxylic acids is 1. The van der Waals surface area contributed by atoms with E-state index >= 15 is 0 Å². The van der Waals surface area contributed by atoms with Gasteiger partial charge in [-0.1, -0.05) is 24.3 Å². The molecule has 2 rings (SSSR count). The summed E-state index contributed by atoms with van der Waals surface area (Å²) in [6.07, 6.45) is 1.85. The molecular formula is C30H44N8O7. The fraction of sp³-hybridized carbons (Fsp3) is 0.433. The van der Waals surface area contributed by atoms with Crippen molar-refractivity contribution < 1.29 is 34.5 Å². The Morgan fingerprint density at radius 2 is 1.18 bits per heavy atom. The molecule has 0 bridgehead atoms. The highest BCUT2D eigenvalue weighted by Gasteiger charge is 2.30. The summed E-state index contributed by atoms with van der Waals surface area (Å²) in [5.74, 6) is -3.39. The Kier molecular flexibility index (Phi) is 15.1. The molecule has 0 aliphatic carbocycles. The van der Waals surface area contributed by atoms with Crippen LogP contribution in [-0.2, 0) is 32.0 Å². The number of hydrogen-bond acceptors (Lipinski definition) is 9. The van der Waals surface area contributed by atoms with Gasteiger partial charge < -0.3 is 54.2 Å². The monoisotopic (exact) mass is 628 g/mol. The first-order valence-electron chi connectivity index (χ1n) is 14.6. The fourth-order valence-corrected chi connectivity index (χ4v) is 4.38. The first-order chi connectivity index (χ1) is 21.4. The Morgan fingerprint density at radius 1 is 0.689 bits per heavy atom. The Hall–Kier alpha value is -4.89. The SMILES string of the molecule is NCCCCC(NC(=O)C(N)CCCN=C(N)N)C(=O)NC(Cc1ccc(O)cc1)C(=O)NC(Cc1ccc(O)cc1)C(=O)O. The Labute approximate surface area is 261 Å². The standard InChI is InChI=1S/C30H44N8O7/c31-14-2-1-5-23(36-26(41)22(32)4-3-15-35-30(33)34)27(42)37-24(16-18-6-10-20(39)11-7-18)28(43)38-25(29(44)45)17-19-8-12-21(40)13-9-19/h6-13,22-25,39-40H,1-5,14-17,31-32H2,(H,36,41)(H,37,42)(H,38,43)(H,44,45)(H4,33,34,35). The van der Waals surface area contributed by atoms with Crippen molar-refractivity contribution in [2.24, 2.45) is 27.9 Å². The molecule has 14 N–H and O–H groups in total. The molecule has 0 saturated carbocycles. The molecule has 2 aromatic carbocycles. The molecule has 15 nitrogen and oxygen atoms in total. The van der Waals surface area contributed by atoms with Crippen LogP contribution in [0.25, 0.3) is 0 Å². The van der Waals surface area contributed by atoms with Crippen LogP contribution < -0.4 is 38.9 Å². The van der Waals surface area contributed by atoms with Crippen LogP contribution in [-0.4, -0.2) is 82.2 Å². The highest BCUT2D eigenvalue weighted by molar-refractivity contribution is 5.94. The summed E-state index contributed by atoms with van der Waals surface area (Å²) >= 11 is 0. The van der Waals surface area contributed by atoms with E-state index in [0.29, 0.717) is 36.9 Å². The van der Waals surface area contributed by atoms with E-state index in [0.717, 1.165) is 0 Å². The normalized spacial score (nSPS) is 13.5. The molecule has 0 aliphatic heterocycles. The molecular weight excluding hydrogens is 584 g/mol. The lowest BCUT2D eigenvalue weighted by Crippen LogP contribution is -2.57. The zero-order valence-electron chi connectivity index (χ0n) is 25.0. The van der Waals surface area contributed by atoms with Gasteiger partial charge in [-0.2, -0.15) is 0 Å². The number of aromatic hydroxyl groups is 2. The van der Waals surface area contributed by atoms with Gasteiger partial charge in [0.25, 0.3) is 0 Å². The van der Waals surface area contributed by atoms with E-state index in [1.54, 1.807) is 12.1 Å². The van der Waals surface area contributed by atoms with E-state index in [9.17, 15) is 34.5 Å². The molecule has 15 heteroatoms. The van der Waals surface area contributed by atoms with Crippen molar-refractivity contribution in [2.75, 3.05) is 13.1 Å². The molecule has 0 radical (unpaired) electrons. The molecule has 0 aliphatic rings. The van der Waals surface area contributed by atoms with Gasteiger partial charge in [-0.15, -0.1) is 0 Å². The van der Waals surface area contributed by atoms with Gasteiger partial charge in [0, 0.05) is 19.4 Å². The van der Waals surface area contributed by atoms with Crippen molar-refractivity contribution in [2.45, 2.75) is 69.1 Å². The second-order valence-corrected chi connectivity index (χ2v) is 10.6. The van der Waals surface area contributed by atoms with Gasteiger partial charge >= 0.3 is 5.97 Å². The van der Waals surface area contributed by atoms with Crippen LogP contribution in [0.3, 0.4) is 0 Å². The van der Waals surface area contributed by atoms with Crippen LogP contribution in [0, 0.1) is 0 Å². The molecule has 0 fully saturated rings. The number of nitrogens with one attached hydrogen (secondary N) is 3. The number of phenolic OH excluding ortho intramolecular Hbond substituents is 2. The molecule has 4 unspecified atom stereocenters. The largest absolute Gasteiger partial charge is 0.508 e. The maximum absolute atomic E-state index is 13.5. The summed E-state index contributed by atoms with van der Waals surface area (Å²) in [5.41, 5.74) is 23.4. The van der Waals surface area contributed by atoms with Crippen molar-refractivity contribution in [3.05, 3.63) is 59.7 Å². The predicted molar refractivity (Wildman–Crippen MR) is 168 cm³/mol. The smallest absolute Gasteiger partial charge is 0.326 e. The van der Waals surface area contributed by atoms with Crippen LogP contribution in [0.5, 0.6) is 11.5 Å². The maximum Gasteiger partial charge on any atom is 0.326 e. The topological polar surface area (TPSA) is 282 Å². The lowest BCUT2D eigenvalue weighted by Gasteiger charge is -2.25. The van der Waals surface area contributed by atoms with Crippen molar-refractivity contribution in [3.63, 3.8) is 0 Å². The Bertz CT molecular complexity index is 1280. The lowest BCUT2D eigenvalue weighted by molar-refractivity contribution is -0.142. The third-order valence-electron chi connectivity index (χ3n) is 6.88. The number of nitrogens with zero attached hydrogens (tertiary/aromatic N) is 1. The molecule has 0 aromatic heterocycles. The molecule has 246 valence electrons. The molecule has 0 saturated heterocycles. The number of aliphatic carboxylic acids is 1. The average Bonchev–Trinajstić information content (AvgIpc) is 2.99. The van der Waals surface area contributed by atoms with E-state index in [2.05, 4.69) is 20.9 Å². The Balaban J connectivity index is 2.23. The predicted octanol–water partition coefficient (Wildman–Crippen LogP) is -1.07. The van der Waals surface area contributed by atoms with Crippen molar-refractivity contribution in [1.82, 2.24) is 16.0 Å². The highest BCUT2D eigenvalue weighted by Crippen LogP contribution is 2.14. The second kappa shape index (κ2) is 18.7. The van der Waals surface area contributed by atoms with E-state index < -0.39 is 47.9 Å². The lowest BCUT2D eigenvalue weighted by atomic mass is 10.0. The molecule has 0 spiro atoms. The van der Waals surface area contributed by atoms with E-state index in [-0.39, 0.29) is 49.7 Å². The maximum atomic E-state index is 13.5. The number of benzene rings is 2. The van der Waals surface area contributed by atoms with E-state index in [4.69, 9.17) is 22.9 Å². The average molecular weight is 629 g/mol. The number of unbranched alkanes of at least 4 members (excludes halogenated alkanes) is 1. The molecule has 2 aromatic rings. The summed E-state index contributed by atoms with van der Waals surface area (Å²) in [7, 11) is 0. The summed E-state index contributed by atoms with van der Waals surface area (Å²) < 4.78 is 0. The van der Waals surface area contributed by atoms with Gasteiger partial charge in [-0.3, -0.25) is 19.4 Å². The second-order valence-electron chi connectivity index (χ2n) is 10.6. The number of carboxylic acid groups (broad SMARTS) is 1. The molecule has 45 heavy (non-hydrogen) atoms. The number of amides is 3. The highest BCUT2D eigenvalue weighted by atomic mass is 16.4. The molecule has 3 amide bonds. The van der Waals surface area contributed by atoms with Gasteiger partial charge in [0.1, 0.15) is 29.6 Å². The van der Waals surface area contributed by atoms with Crippen molar-refractivity contribution in [3.8, 4) is 11.5 Å². The summed E-state index contributed by atoms with van der Waals surface area (Å²) in [5, 5.41) is 36.8. The van der Waals surface area contributed by atoms with Crippen LogP contribution in [0.2, 0.25) is 0 Å². The summed E-state index contributed by atoms with van der Waals surface area (Å²) in [4.78, 5) is 55.8. The van der Waals surface area contributed by atoms with Gasteiger partial charge in [-0.25, -0.2) is 4.79 Å².